The van der Waals surface area contributed by atoms with E-state index in [4.69, 9.17) is 19.7 Å². The smallest absolute Gasteiger partial charge is 0.323 e. The molecule has 12 nitrogen and oxygen atoms in total. The first-order valence-electron chi connectivity index (χ1n) is 15.0. The fraction of sp³-hybridized carbons (Fsp3) is 0.333. The molecule has 0 radical (unpaired) electrons. The summed E-state index contributed by atoms with van der Waals surface area (Å²) in [5, 5.41) is 16.7. The number of rotatable bonds is 9. The third-order valence-corrected chi connectivity index (χ3v) is 8.47. The number of aryl methyl sites for hydroxylation is 1. The van der Waals surface area contributed by atoms with E-state index in [0.717, 1.165) is 54.1 Å². The molecule has 3 heterocycles. The lowest BCUT2D eigenvalue weighted by molar-refractivity contribution is -0.928. The van der Waals surface area contributed by atoms with Gasteiger partial charge in [-0.1, -0.05) is 17.3 Å². The number of carbonyl (C=O) groups is 2. The zero-order valence-electron chi connectivity index (χ0n) is 25.3. The topological polar surface area (TPSA) is 153 Å². The van der Waals surface area contributed by atoms with Gasteiger partial charge in [0.1, 0.15) is 18.3 Å². The van der Waals surface area contributed by atoms with Crippen molar-refractivity contribution in [1.82, 2.24) is 15.0 Å². The number of quaternary nitrogens is 1. The van der Waals surface area contributed by atoms with Crippen molar-refractivity contribution in [3.63, 3.8) is 0 Å². The van der Waals surface area contributed by atoms with E-state index in [9.17, 15) is 14.7 Å². The summed E-state index contributed by atoms with van der Waals surface area (Å²) in [6, 6.07) is 18.1. The number of urea groups is 1. The Morgan fingerprint density at radius 3 is 2.51 bits per heavy atom. The number of likely N-dealkylation sites (N-methyl/N-ethyl adjacent to an activating group) is 1. The number of benzene rings is 3. The molecule has 12 heteroatoms. The number of ether oxygens (including phenoxy) is 2. The SMILES string of the molecule is Cc1nc(-c2ccc(NC(=O)N([C@@H]3CCC[N+](C)(Cc4ccc5c(c4)OCO5)C3)[C@@H](Cc3ccc(O)cc3)C(N)=O)cc2)no1. The van der Waals surface area contributed by atoms with E-state index < -0.39 is 18.0 Å². The van der Waals surface area contributed by atoms with Gasteiger partial charge in [-0.3, -0.25) is 4.79 Å². The molecular weight excluding hydrogens is 576 g/mol. The number of piperidine rings is 1. The van der Waals surface area contributed by atoms with Gasteiger partial charge in [-0.15, -0.1) is 0 Å². The van der Waals surface area contributed by atoms with Gasteiger partial charge in [-0.05, 0) is 73.0 Å². The van der Waals surface area contributed by atoms with Crippen LogP contribution in [0.15, 0.2) is 71.3 Å². The average molecular weight is 614 g/mol. The molecule has 0 bridgehead atoms. The molecule has 3 amide bonds. The lowest BCUT2D eigenvalue weighted by Crippen LogP contribution is -2.62. The predicted octanol–water partition coefficient (Wildman–Crippen LogP) is 4.22. The van der Waals surface area contributed by atoms with Crippen LogP contribution in [0.5, 0.6) is 17.2 Å². The first kappa shape index (κ1) is 29.9. The van der Waals surface area contributed by atoms with Gasteiger partial charge in [-0.25, -0.2) is 4.79 Å². The standard InChI is InChI=1S/C33H36N6O6/c1-21-35-32(37-45-21)24-8-10-25(11-9-24)36-33(42)38(28(31(34)41)16-22-5-12-27(40)13-6-22)26-4-3-15-39(2,19-26)18-23-7-14-29-30(17-23)44-20-43-29/h5-14,17,26,28H,3-4,15-16,18-20H2,1-2H3,(H3-,34,36,37,40,41,42)/p+1/t26-,28+,39?/m1/s1. The molecule has 45 heavy (non-hydrogen) atoms. The van der Waals surface area contributed by atoms with Crippen molar-refractivity contribution >= 4 is 17.6 Å². The van der Waals surface area contributed by atoms with Crippen LogP contribution in [0.2, 0.25) is 0 Å². The molecule has 2 aliphatic heterocycles. The summed E-state index contributed by atoms with van der Waals surface area (Å²) in [7, 11) is 2.17. The summed E-state index contributed by atoms with van der Waals surface area (Å²) in [5.74, 6) is 1.90. The molecule has 1 aromatic heterocycles. The fourth-order valence-electron chi connectivity index (χ4n) is 6.31. The van der Waals surface area contributed by atoms with Crippen molar-refractivity contribution in [3.8, 4) is 28.6 Å². The molecule has 1 unspecified atom stereocenters. The summed E-state index contributed by atoms with van der Waals surface area (Å²) in [4.78, 5) is 33.1. The number of nitrogens with two attached hydrogens (primary N) is 1. The molecule has 1 saturated heterocycles. The van der Waals surface area contributed by atoms with Gasteiger partial charge in [0.25, 0.3) is 0 Å². The van der Waals surface area contributed by atoms with Crippen molar-refractivity contribution in [2.24, 2.45) is 5.73 Å². The molecule has 3 atom stereocenters. The number of carbonyl (C=O) groups excluding carboxylic acids is 2. The largest absolute Gasteiger partial charge is 0.508 e. The van der Waals surface area contributed by atoms with E-state index in [1.54, 1.807) is 60.4 Å². The minimum absolute atomic E-state index is 0.118. The number of amides is 3. The number of primary amides is 1. The maximum Gasteiger partial charge on any atom is 0.323 e. The number of phenolic OH excluding ortho intramolecular Hbond substituents is 1. The molecule has 0 saturated carbocycles. The minimum Gasteiger partial charge on any atom is -0.508 e. The number of aromatic nitrogens is 2. The minimum atomic E-state index is -0.918. The number of hydrogen-bond donors (Lipinski definition) is 3. The molecule has 2 aliphatic rings. The van der Waals surface area contributed by atoms with Crippen LogP contribution >= 0.6 is 0 Å². The van der Waals surface area contributed by atoms with E-state index >= 15 is 0 Å². The lowest BCUT2D eigenvalue weighted by Gasteiger charge is -2.46. The Kier molecular flexibility index (Phi) is 8.31. The Labute approximate surface area is 260 Å². The summed E-state index contributed by atoms with van der Waals surface area (Å²) < 4.78 is 16.8. The summed E-state index contributed by atoms with van der Waals surface area (Å²) in [6.07, 6.45) is 1.79. The molecule has 4 N–H and O–H groups in total. The fourth-order valence-corrected chi connectivity index (χ4v) is 6.31. The Morgan fingerprint density at radius 2 is 1.80 bits per heavy atom. The highest BCUT2D eigenvalue weighted by atomic mass is 16.7. The van der Waals surface area contributed by atoms with Gasteiger partial charge in [0, 0.05) is 30.2 Å². The summed E-state index contributed by atoms with van der Waals surface area (Å²) >= 11 is 0. The van der Waals surface area contributed by atoms with Crippen LogP contribution in [0, 0.1) is 6.92 Å². The Hall–Kier alpha value is -5.10. The second-order valence-corrected chi connectivity index (χ2v) is 12.0. The van der Waals surface area contributed by atoms with Crippen molar-refractivity contribution in [2.75, 3.05) is 32.2 Å². The maximum absolute atomic E-state index is 14.1. The molecular formula is C33H37N6O6+. The van der Waals surface area contributed by atoms with Gasteiger partial charge < -0.3 is 39.5 Å². The highest BCUT2D eigenvalue weighted by molar-refractivity contribution is 5.94. The zero-order chi connectivity index (χ0) is 31.6. The van der Waals surface area contributed by atoms with E-state index in [1.807, 2.05) is 18.2 Å². The number of fused-ring (bicyclic) bond motifs is 1. The number of likely N-dealkylation sites (tertiary alicyclic amines) is 1. The highest BCUT2D eigenvalue weighted by Gasteiger charge is 2.41. The summed E-state index contributed by atoms with van der Waals surface area (Å²) in [5.41, 5.74) is 9.20. The van der Waals surface area contributed by atoms with Crippen LogP contribution in [0.4, 0.5) is 10.5 Å². The first-order chi connectivity index (χ1) is 21.7. The lowest BCUT2D eigenvalue weighted by atomic mass is 9.96. The maximum atomic E-state index is 14.1. The first-order valence-corrected chi connectivity index (χ1v) is 15.0. The number of hydrogen-bond acceptors (Lipinski definition) is 8. The van der Waals surface area contributed by atoms with Crippen molar-refractivity contribution in [3.05, 3.63) is 83.7 Å². The average Bonchev–Trinajstić information content (AvgIpc) is 3.66. The van der Waals surface area contributed by atoms with Crippen LogP contribution in [-0.4, -0.2) is 75.6 Å². The van der Waals surface area contributed by atoms with E-state index in [0.29, 0.717) is 28.4 Å². The van der Waals surface area contributed by atoms with Crippen LogP contribution in [0.3, 0.4) is 0 Å². The number of aromatic hydroxyl groups is 1. The molecule has 3 aromatic carbocycles. The van der Waals surface area contributed by atoms with E-state index in [2.05, 4.69) is 22.5 Å². The second-order valence-electron chi connectivity index (χ2n) is 12.0. The van der Waals surface area contributed by atoms with Gasteiger partial charge in [-0.2, -0.15) is 4.98 Å². The van der Waals surface area contributed by atoms with Crippen LogP contribution < -0.4 is 20.5 Å². The van der Waals surface area contributed by atoms with Gasteiger partial charge in [0.15, 0.2) is 11.5 Å². The van der Waals surface area contributed by atoms with E-state index in [-0.39, 0.29) is 25.0 Å². The quantitative estimate of drug-likeness (QED) is 0.237. The Bertz CT molecular complexity index is 1670. The molecule has 234 valence electrons. The molecule has 6 rings (SSSR count). The normalized spacial score (nSPS) is 19.6. The molecule has 0 spiro atoms. The number of nitrogens with one attached hydrogen (secondary N) is 1. The highest BCUT2D eigenvalue weighted by Crippen LogP contribution is 2.34. The van der Waals surface area contributed by atoms with Gasteiger partial charge in [0.05, 0.1) is 26.2 Å². The Balaban J connectivity index is 1.26. The number of phenols is 1. The zero-order valence-corrected chi connectivity index (χ0v) is 25.3. The van der Waals surface area contributed by atoms with Crippen LogP contribution in [-0.2, 0) is 17.8 Å². The van der Waals surface area contributed by atoms with Crippen molar-refractivity contribution in [1.29, 1.82) is 0 Å². The predicted molar refractivity (Wildman–Crippen MR) is 165 cm³/mol. The molecule has 1 fully saturated rings. The van der Waals surface area contributed by atoms with E-state index in [1.165, 1.54) is 0 Å². The second kappa shape index (κ2) is 12.5. The molecule has 4 aromatic rings. The number of anilines is 1. The van der Waals surface area contributed by atoms with Crippen LogP contribution in [0.25, 0.3) is 11.4 Å². The monoisotopic (exact) mass is 613 g/mol. The van der Waals surface area contributed by atoms with Gasteiger partial charge >= 0.3 is 6.03 Å². The number of nitrogens with zero attached hydrogens (tertiary/aromatic N) is 4. The third-order valence-electron chi connectivity index (χ3n) is 8.47. The third kappa shape index (κ3) is 6.86. The Morgan fingerprint density at radius 1 is 1.07 bits per heavy atom. The van der Waals surface area contributed by atoms with Crippen molar-refractivity contribution in [2.45, 2.75) is 44.8 Å². The van der Waals surface area contributed by atoms with Crippen molar-refractivity contribution < 1.29 is 33.2 Å². The van der Waals surface area contributed by atoms with Gasteiger partial charge in [0.2, 0.25) is 24.4 Å². The van der Waals surface area contributed by atoms with Crippen LogP contribution in [0.1, 0.15) is 29.9 Å². The molecule has 0 aliphatic carbocycles. The summed E-state index contributed by atoms with van der Waals surface area (Å²) in [6.45, 7) is 4.19.